The highest BCUT2D eigenvalue weighted by Gasteiger charge is 2.33. The van der Waals surface area contributed by atoms with Gasteiger partial charge in [0.2, 0.25) is 0 Å². The highest BCUT2D eigenvalue weighted by molar-refractivity contribution is 8.18. The molecule has 0 saturated carbocycles. The Kier molecular flexibility index (Phi) is 6.42. The molecule has 0 bridgehead atoms. The second kappa shape index (κ2) is 9.57. The van der Waals surface area contributed by atoms with Gasteiger partial charge in [-0.1, -0.05) is 84.9 Å². The summed E-state index contributed by atoms with van der Waals surface area (Å²) in [5, 5.41) is 9.94. The quantitative estimate of drug-likeness (QED) is 0.587. The molecule has 4 rings (SSSR count). The minimum Gasteiger partial charge on any atom is -0.392 e. The summed E-state index contributed by atoms with van der Waals surface area (Å²) in [6.07, 6.45) is 1.89. The molecule has 0 aliphatic carbocycles. The van der Waals surface area contributed by atoms with E-state index in [-0.39, 0.29) is 12.5 Å². The molecule has 1 N–H and O–H groups in total. The van der Waals surface area contributed by atoms with E-state index in [4.69, 9.17) is 4.99 Å². The summed E-state index contributed by atoms with van der Waals surface area (Å²) in [5.41, 5.74) is 3.94. The van der Waals surface area contributed by atoms with E-state index in [1.807, 2.05) is 91.0 Å². The fraction of sp³-hybridized carbons (Fsp3) is 0.120. The van der Waals surface area contributed by atoms with Crippen molar-refractivity contribution in [3.63, 3.8) is 0 Å². The van der Waals surface area contributed by atoms with Crippen LogP contribution in [0.3, 0.4) is 0 Å². The molecule has 4 nitrogen and oxygen atoms in total. The van der Waals surface area contributed by atoms with Gasteiger partial charge >= 0.3 is 0 Å². The summed E-state index contributed by atoms with van der Waals surface area (Å²) in [5.74, 6) is -0.0399. The van der Waals surface area contributed by atoms with Gasteiger partial charge < -0.3 is 5.11 Å². The van der Waals surface area contributed by atoms with Gasteiger partial charge in [0, 0.05) is 0 Å². The normalized spacial score (nSPS) is 16.6. The molecular weight excluding hydrogens is 392 g/mol. The lowest BCUT2D eigenvalue weighted by molar-refractivity contribution is -0.122. The number of carbonyl (C=O) groups is 1. The van der Waals surface area contributed by atoms with Crippen molar-refractivity contribution in [2.24, 2.45) is 4.99 Å². The molecule has 3 aromatic rings. The van der Waals surface area contributed by atoms with Gasteiger partial charge in [0.05, 0.1) is 24.6 Å². The maximum Gasteiger partial charge on any atom is 0.267 e. The zero-order valence-corrected chi connectivity index (χ0v) is 17.3. The highest BCUT2D eigenvalue weighted by atomic mass is 32.2. The standard InChI is InChI=1S/C25H22N2O2S/c28-18-22-13-11-19(12-14-22)15-23-24(29)27(17-21-9-5-2-6-10-21)25(30-23)26-16-20-7-3-1-4-8-20/h1-15,28H,16-18H2. The Morgan fingerprint density at radius 2 is 1.47 bits per heavy atom. The van der Waals surface area contributed by atoms with Crippen molar-refractivity contribution in [3.8, 4) is 0 Å². The molecule has 1 heterocycles. The van der Waals surface area contributed by atoms with Crippen molar-refractivity contribution in [2.75, 3.05) is 0 Å². The summed E-state index contributed by atoms with van der Waals surface area (Å²) in [6.45, 7) is 1.02. The minimum atomic E-state index is -0.0399. The van der Waals surface area contributed by atoms with E-state index in [1.54, 1.807) is 4.90 Å². The predicted molar refractivity (Wildman–Crippen MR) is 123 cm³/mol. The van der Waals surface area contributed by atoms with Crippen LogP contribution in [0.15, 0.2) is 94.8 Å². The third-order valence-electron chi connectivity index (χ3n) is 4.77. The van der Waals surface area contributed by atoms with Crippen molar-refractivity contribution in [1.82, 2.24) is 4.90 Å². The van der Waals surface area contributed by atoms with Gasteiger partial charge in [0.15, 0.2) is 5.17 Å². The van der Waals surface area contributed by atoms with E-state index in [0.717, 1.165) is 22.3 Å². The number of carbonyl (C=O) groups excluding carboxylic acids is 1. The lowest BCUT2D eigenvalue weighted by Crippen LogP contribution is -2.28. The first kappa shape index (κ1) is 20.1. The maximum absolute atomic E-state index is 13.2. The monoisotopic (exact) mass is 414 g/mol. The Hall–Kier alpha value is -3.15. The van der Waals surface area contributed by atoms with Crippen LogP contribution in [-0.2, 0) is 24.5 Å². The van der Waals surface area contributed by atoms with Crippen LogP contribution in [-0.4, -0.2) is 21.1 Å². The number of aliphatic imine (C=N–C) groups is 1. The number of hydrogen-bond acceptors (Lipinski definition) is 4. The second-order valence-electron chi connectivity index (χ2n) is 6.97. The summed E-state index contributed by atoms with van der Waals surface area (Å²) >= 11 is 1.41. The van der Waals surface area contributed by atoms with Crippen LogP contribution in [0.5, 0.6) is 0 Å². The summed E-state index contributed by atoms with van der Waals surface area (Å²) in [6, 6.07) is 27.5. The molecule has 3 aromatic carbocycles. The molecule has 0 atom stereocenters. The number of amides is 1. The number of hydrogen-bond donors (Lipinski definition) is 1. The fourth-order valence-electron chi connectivity index (χ4n) is 3.14. The van der Waals surface area contributed by atoms with Gasteiger partial charge in [0.1, 0.15) is 0 Å². The Morgan fingerprint density at radius 3 is 2.10 bits per heavy atom. The van der Waals surface area contributed by atoms with Gasteiger partial charge in [-0.25, -0.2) is 0 Å². The van der Waals surface area contributed by atoms with Crippen LogP contribution in [0.4, 0.5) is 0 Å². The SMILES string of the molecule is O=C1C(=Cc2ccc(CO)cc2)SC(=NCc2ccccc2)N1Cc1ccccc1. The van der Waals surface area contributed by atoms with Crippen LogP contribution >= 0.6 is 11.8 Å². The van der Waals surface area contributed by atoms with E-state index in [0.29, 0.717) is 23.2 Å². The van der Waals surface area contributed by atoms with Crippen molar-refractivity contribution in [1.29, 1.82) is 0 Å². The third kappa shape index (κ3) is 4.87. The lowest BCUT2D eigenvalue weighted by atomic mass is 10.1. The number of nitrogens with zero attached hydrogens (tertiary/aromatic N) is 2. The summed E-state index contributed by atoms with van der Waals surface area (Å²) in [7, 11) is 0. The topological polar surface area (TPSA) is 52.9 Å². The molecule has 1 amide bonds. The number of thioether (sulfide) groups is 1. The van der Waals surface area contributed by atoms with Crippen molar-refractivity contribution >= 4 is 28.9 Å². The molecule has 1 saturated heterocycles. The van der Waals surface area contributed by atoms with Gasteiger partial charge in [-0.15, -0.1) is 0 Å². The molecule has 1 aliphatic heterocycles. The van der Waals surface area contributed by atoms with Gasteiger partial charge in [-0.3, -0.25) is 14.7 Å². The number of rotatable bonds is 6. The minimum absolute atomic E-state index is 0.00563. The van der Waals surface area contributed by atoms with Crippen LogP contribution < -0.4 is 0 Å². The van der Waals surface area contributed by atoms with Crippen LogP contribution in [0.1, 0.15) is 22.3 Å². The number of aliphatic hydroxyl groups excluding tert-OH is 1. The van der Waals surface area contributed by atoms with Crippen LogP contribution in [0, 0.1) is 0 Å². The first-order valence-electron chi connectivity index (χ1n) is 9.76. The smallest absolute Gasteiger partial charge is 0.267 e. The van der Waals surface area contributed by atoms with E-state index >= 15 is 0 Å². The maximum atomic E-state index is 13.2. The Labute approximate surface area is 180 Å². The van der Waals surface area contributed by atoms with Crippen molar-refractivity contribution in [2.45, 2.75) is 19.7 Å². The fourth-order valence-corrected chi connectivity index (χ4v) is 4.12. The van der Waals surface area contributed by atoms with Crippen molar-refractivity contribution in [3.05, 3.63) is 112 Å². The molecule has 30 heavy (non-hydrogen) atoms. The molecular formula is C25H22N2O2S. The van der Waals surface area contributed by atoms with E-state index in [1.165, 1.54) is 11.8 Å². The largest absolute Gasteiger partial charge is 0.392 e. The van der Waals surface area contributed by atoms with Crippen LogP contribution in [0.2, 0.25) is 0 Å². The zero-order chi connectivity index (χ0) is 20.8. The number of amidine groups is 1. The van der Waals surface area contributed by atoms with Gasteiger partial charge in [-0.2, -0.15) is 0 Å². The number of benzene rings is 3. The number of aliphatic hydroxyl groups is 1. The Bertz CT molecular complexity index is 1060. The van der Waals surface area contributed by atoms with Crippen LogP contribution in [0.25, 0.3) is 6.08 Å². The van der Waals surface area contributed by atoms with E-state index in [9.17, 15) is 9.90 Å². The molecule has 0 unspecified atom stereocenters. The van der Waals surface area contributed by atoms with E-state index in [2.05, 4.69) is 0 Å². The average Bonchev–Trinajstić information content (AvgIpc) is 3.08. The lowest BCUT2D eigenvalue weighted by Gasteiger charge is -2.15. The van der Waals surface area contributed by atoms with Crippen molar-refractivity contribution < 1.29 is 9.90 Å². The molecule has 1 fully saturated rings. The first-order valence-corrected chi connectivity index (χ1v) is 10.6. The molecule has 5 heteroatoms. The molecule has 1 aliphatic rings. The van der Waals surface area contributed by atoms with E-state index < -0.39 is 0 Å². The summed E-state index contributed by atoms with van der Waals surface area (Å²) < 4.78 is 0. The molecule has 0 radical (unpaired) electrons. The zero-order valence-electron chi connectivity index (χ0n) is 16.4. The molecule has 0 spiro atoms. The highest BCUT2D eigenvalue weighted by Crippen LogP contribution is 2.34. The molecule has 150 valence electrons. The summed E-state index contributed by atoms with van der Waals surface area (Å²) in [4.78, 5) is 20.3. The Balaban J connectivity index is 1.61. The average molecular weight is 415 g/mol. The Morgan fingerprint density at radius 1 is 0.833 bits per heavy atom. The predicted octanol–water partition coefficient (Wildman–Crippen LogP) is 4.85. The molecule has 0 aromatic heterocycles. The second-order valence-corrected chi connectivity index (χ2v) is 7.98. The third-order valence-corrected chi connectivity index (χ3v) is 5.82. The van der Waals surface area contributed by atoms with Gasteiger partial charge in [0.25, 0.3) is 5.91 Å². The van der Waals surface area contributed by atoms with Gasteiger partial charge in [-0.05, 0) is 40.1 Å². The first-order chi connectivity index (χ1) is 14.7.